The van der Waals surface area contributed by atoms with Gasteiger partial charge in [-0.15, -0.1) is 11.3 Å². The number of hydrogen-bond donors (Lipinski definition) is 0. The average Bonchev–Trinajstić information content (AvgIpc) is 2.37. The molecule has 2 heteroatoms. The minimum absolute atomic E-state index is 0.771. The standard InChI is InChI=1S/C8H7NS/c1-2-3-7-4-5-8(6-9)10-7/h2-5H,1H3/b3-2+. The number of nitriles is 1. The third-order valence-corrected chi connectivity index (χ3v) is 2.02. The van der Waals surface area contributed by atoms with Crippen LogP contribution in [0.4, 0.5) is 0 Å². The van der Waals surface area contributed by atoms with E-state index in [9.17, 15) is 0 Å². The largest absolute Gasteiger partial charge is 0.192 e. The second kappa shape index (κ2) is 3.19. The van der Waals surface area contributed by atoms with Crippen LogP contribution in [0.1, 0.15) is 16.7 Å². The molecule has 0 fully saturated rings. The van der Waals surface area contributed by atoms with Crippen LogP contribution in [-0.2, 0) is 0 Å². The average molecular weight is 149 g/mol. The molecule has 10 heavy (non-hydrogen) atoms. The fourth-order valence-electron chi connectivity index (χ4n) is 0.667. The SMILES string of the molecule is C/C=C/c1ccc(C#N)s1. The monoisotopic (exact) mass is 149 g/mol. The van der Waals surface area contributed by atoms with Gasteiger partial charge in [0.15, 0.2) is 0 Å². The zero-order valence-electron chi connectivity index (χ0n) is 5.66. The minimum atomic E-state index is 0.771. The number of hydrogen-bond acceptors (Lipinski definition) is 2. The summed E-state index contributed by atoms with van der Waals surface area (Å²) in [5, 5.41) is 8.46. The van der Waals surface area contributed by atoms with Gasteiger partial charge in [0.1, 0.15) is 10.9 Å². The van der Waals surface area contributed by atoms with E-state index in [1.165, 1.54) is 11.3 Å². The van der Waals surface area contributed by atoms with Crippen LogP contribution in [0, 0.1) is 11.3 Å². The molecule has 0 saturated carbocycles. The molecule has 0 spiro atoms. The van der Waals surface area contributed by atoms with Gasteiger partial charge >= 0.3 is 0 Å². The van der Waals surface area contributed by atoms with Gasteiger partial charge in [0.25, 0.3) is 0 Å². The first-order valence-corrected chi connectivity index (χ1v) is 3.81. The summed E-state index contributed by atoms with van der Waals surface area (Å²) in [5.74, 6) is 0. The highest BCUT2D eigenvalue weighted by Gasteiger charge is 1.92. The summed E-state index contributed by atoms with van der Waals surface area (Å²) in [5.41, 5.74) is 0. The third kappa shape index (κ3) is 1.46. The fraction of sp³-hybridized carbons (Fsp3) is 0.125. The maximum absolute atomic E-state index is 8.46. The molecular weight excluding hydrogens is 142 g/mol. The van der Waals surface area contributed by atoms with Crippen molar-refractivity contribution in [1.82, 2.24) is 0 Å². The lowest BCUT2D eigenvalue weighted by Gasteiger charge is -1.76. The molecule has 1 nitrogen and oxygen atoms in total. The molecular formula is C8H7NS. The summed E-state index contributed by atoms with van der Waals surface area (Å²) in [4.78, 5) is 1.91. The predicted octanol–water partition coefficient (Wildman–Crippen LogP) is 2.65. The van der Waals surface area contributed by atoms with Gasteiger partial charge in [-0.3, -0.25) is 0 Å². The Labute approximate surface area is 64.2 Å². The van der Waals surface area contributed by atoms with Crippen molar-refractivity contribution < 1.29 is 0 Å². The highest BCUT2D eigenvalue weighted by Crippen LogP contribution is 2.16. The van der Waals surface area contributed by atoms with Crippen molar-refractivity contribution in [3.63, 3.8) is 0 Å². The van der Waals surface area contributed by atoms with E-state index in [-0.39, 0.29) is 0 Å². The Morgan fingerprint density at radius 3 is 2.90 bits per heavy atom. The molecule has 0 bridgehead atoms. The molecule has 0 aromatic carbocycles. The molecule has 1 aromatic heterocycles. The zero-order valence-corrected chi connectivity index (χ0v) is 6.48. The fourth-order valence-corrected chi connectivity index (χ4v) is 1.44. The first-order chi connectivity index (χ1) is 4.86. The lowest BCUT2D eigenvalue weighted by molar-refractivity contribution is 1.52. The van der Waals surface area contributed by atoms with Crippen LogP contribution >= 0.6 is 11.3 Å². The van der Waals surface area contributed by atoms with E-state index < -0.39 is 0 Å². The van der Waals surface area contributed by atoms with Crippen molar-refractivity contribution in [1.29, 1.82) is 5.26 Å². The van der Waals surface area contributed by atoms with Gasteiger partial charge in [0.05, 0.1) is 0 Å². The van der Waals surface area contributed by atoms with Crippen LogP contribution in [0.2, 0.25) is 0 Å². The second-order valence-electron chi connectivity index (χ2n) is 1.81. The van der Waals surface area contributed by atoms with Gasteiger partial charge < -0.3 is 0 Å². The van der Waals surface area contributed by atoms with Crippen LogP contribution < -0.4 is 0 Å². The lowest BCUT2D eigenvalue weighted by atomic mass is 10.4. The van der Waals surface area contributed by atoms with Crippen molar-refractivity contribution in [3.8, 4) is 6.07 Å². The van der Waals surface area contributed by atoms with E-state index >= 15 is 0 Å². The molecule has 0 radical (unpaired) electrons. The molecule has 1 aromatic rings. The molecule has 0 unspecified atom stereocenters. The van der Waals surface area contributed by atoms with E-state index in [1.54, 1.807) is 0 Å². The molecule has 1 heterocycles. The molecule has 50 valence electrons. The van der Waals surface area contributed by atoms with Crippen LogP contribution in [-0.4, -0.2) is 0 Å². The Hall–Kier alpha value is -1.07. The van der Waals surface area contributed by atoms with E-state index in [0.29, 0.717) is 0 Å². The van der Waals surface area contributed by atoms with Gasteiger partial charge in [-0.05, 0) is 25.1 Å². The van der Waals surface area contributed by atoms with Gasteiger partial charge in [-0.25, -0.2) is 0 Å². The molecule has 1 rings (SSSR count). The quantitative estimate of drug-likeness (QED) is 0.602. The van der Waals surface area contributed by atoms with Gasteiger partial charge in [-0.1, -0.05) is 6.08 Å². The van der Waals surface area contributed by atoms with E-state index in [0.717, 1.165) is 9.75 Å². The van der Waals surface area contributed by atoms with Crippen molar-refractivity contribution in [2.45, 2.75) is 6.92 Å². The molecule has 0 saturated heterocycles. The zero-order chi connectivity index (χ0) is 7.40. The molecule has 0 amide bonds. The summed E-state index contributed by atoms with van der Waals surface area (Å²) in [6.45, 7) is 1.96. The highest BCUT2D eigenvalue weighted by molar-refractivity contribution is 7.13. The Bertz CT molecular complexity index is 278. The number of rotatable bonds is 1. The molecule has 0 N–H and O–H groups in total. The number of allylic oxidation sites excluding steroid dienone is 1. The maximum Gasteiger partial charge on any atom is 0.110 e. The smallest absolute Gasteiger partial charge is 0.110 e. The lowest BCUT2D eigenvalue weighted by Crippen LogP contribution is -1.52. The Morgan fingerprint density at radius 2 is 2.40 bits per heavy atom. The Morgan fingerprint density at radius 1 is 1.60 bits per heavy atom. The summed E-state index contributed by atoms with van der Waals surface area (Å²) in [7, 11) is 0. The van der Waals surface area contributed by atoms with Crippen LogP contribution in [0.5, 0.6) is 0 Å². The number of thiophene rings is 1. The van der Waals surface area contributed by atoms with Gasteiger partial charge in [0.2, 0.25) is 0 Å². The topological polar surface area (TPSA) is 23.8 Å². The summed E-state index contributed by atoms with van der Waals surface area (Å²) >= 11 is 1.51. The Kier molecular flexibility index (Phi) is 2.24. The first-order valence-electron chi connectivity index (χ1n) is 2.99. The molecule has 0 aliphatic carbocycles. The van der Waals surface area contributed by atoms with E-state index in [1.807, 2.05) is 31.2 Å². The van der Waals surface area contributed by atoms with Crippen molar-refractivity contribution in [3.05, 3.63) is 28.0 Å². The molecule has 0 atom stereocenters. The Balaban J connectivity index is 2.91. The van der Waals surface area contributed by atoms with Gasteiger partial charge in [-0.2, -0.15) is 5.26 Å². The summed E-state index contributed by atoms with van der Waals surface area (Å²) < 4.78 is 0. The molecule has 0 aliphatic heterocycles. The van der Waals surface area contributed by atoms with Crippen LogP contribution in [0.3, 0.4) is 0 Å². The summed E-state index contributed by atoms with van der Waals surface area (Å²) in [6.07, 6.45) is 3.96. The highest BCUT2D eigenvalue weighted by atomic mass is 32.1. The first kappa shape index (κ1) is 7.04. The van der Waals surface area contributed by atoms with Crippen LogP contribution in [0.15, 0.2) is 18.2 Å². The second-order valence-corrected chi connectivity index (χ2v) is 2.93. The van der Waals surface area contributed by atoms with Crippen molar-refractivity contribution in [2.24, 2.45) is 0 Å². The minimum Gasteiger partial charge on any atom is -0.192 e. The third-order valence-electron chi connectivity index (χ3n) is 1.07. The predicted molar refractivity (Wildman–Crippen MR) is 43.7 cm³/mol. The van der Waals surface area contributed by atoms with Crippen molar-refractivity contribution in [2.75, 3.05) is 0 Å². The summed E-state index contributed by atoms with van der Waals surface area (Å²) in [6, 6.07) is 5.87. The number of nitrogens with zero attached hydrogens (tertiary/aromatic N) is 1. The van der Waals surface area contributed by atoms with E-state index in [2.05, 4.69) is 6.07 Å². The van der Waals surface area contributed by atoms with E-state index in [4.69, 9.17) is 5.26 Å². The molecule has 0 aliphatic rings. The van der Waals surface area contributed by atoms with Crippen LogP contribution in [0.25, 0.3) is 6.08 Å². The van der Waals surface area contributed by atoms with Crippen molar-refractivity contribution >= 4 is 17.4 Å². The normalized spacial score (nSPS) is 10.0. The van der Waals surface area contributed by atoms with Gasteiger partial charge in [0, 0.05) is 4.88 Å². The maximum atomic E-state index is 8.46.